The Hall–Kier alpha value is -1.68. The highest BCUT2D eigenvalue weighted by atomic mass is 35.5. The molecule has 0 bridgehead atoms. The first kappa shape index (κ1) is 21.0. The zero-order valence-electron chi connectivity index (χ0n) is 16.3. The van der Waals surface area contributed by atoms with Gasteiger partial charge in [-0.25, -0.2) is 0 Å². The van der Waals surface area contributed by atoms with E-state index in [0.717, 1.165) is 18.3 Å². The van der Waals surface area contributed by atoms with Crippen LogP contribution in [0.3, 0.4) is 0 Å². The van der Waals surface area contributed by atoms with Crippen LogP contribution >= 0.6 is 11.6 Å². The van der Waals surface area contributed by atoms with Crippen LogP contribution in [0.4, 0.5) is 8.78 Å². The Kier molecular flexibility index (Phi) is 7.66. The van der Waals surface area contributed by atoms with E-state index < -0.39 is 6.61 Å². The first-order chi connectivity index (χ1) is 13.5. The second kappa shape index (κ2) is 10.2. The van der Waals surface area contributed by atoms with Gasteiger partial charge in [-0.15, -0.1) is 0 Å². The van der Waals surface area contributed by atoms with Crippen molar-refractivity contribution in [1.29, 1.82) is 0 Å². The number of aromatic nitrogens is 1. The van der Waals surface area contributed by atoms with Gasteiger partial charge in [0.15, 0.2) is 0 Å². The van der Waals surface area contributed by atoms with E-state index in [1.54, 1.807) is 12.1 Å². The second-order valence-electron chi connectivity index (χ2n) is 7.78. The summed E-state index contributed by atoms with van der Waals surface area (Å²) in [6.45, 7) is -0.626. The molecule has 1 fully saturated rings. The Bertz CT molecular complexity index is 743. The van der Waals surface area contributed by atoms with Crippen LogP contribution in [0.15, 0.2) is 36.5 Å². The van der Waals surface area contributed by atoms with Gasteiger partial charge in [0, 0.05) is 16.8 Å². The third-order valence-electron chi connectivity index (χ3n) is 5.76. The van der Waals surface area contributed by atoms with Crippen LogP contribution in [0.5, 0.6) is 5.75 Å². The molecule has 0 spiro atoms. The third-order valence-corrected chi connectivity index (χ3v) is 6.00. The molecule has 1 aromatic heterocycles. The van der Waals surface area contributed by atoms with Gasteiger partial charge in [0.1, 0.15) is 5.75 Å². The van der Waals surface area contributed by atoms with E-state index in [4.69, 9.17) is 11.6 Å². The SMILES string of the molecule is CCCC1CCC(CCc2ccc(-c3ccc(Cl)cc3OC(F)F)nc2)CC1. The quantitative estimate of drug-likeness (QED) is 0.450. The Labute approximate surface area is 171 Å². The monoisotopic (exact) mass is 407 g/mol. The molecule has 152 valence electrons. The number of benzene rings is 1. The van der Waals surface area contributed by atoms with Gasteiger partial charge in [0.2, 0.25) is 0 Å². The number of nitrogens with zero attached hydrogens (tertiary/aromatic N) is 1. The summed E-state index contributed by atoms with van der Waals surface area (Å²) in [5, 5.41) is 0.352. The fraction of sp³-hybridized carbons (Fsp3) is 0.522. The molecule has 1 aliphatic carbocycles. The van der Waals surface area contributed by atoms with Crippen molar-refractivity contribution in [2.45, 2.75) is 64.9 Å². The smallest absolute Gasteiger partial charge is 0.387 e. The lowest BCUT2D eigenvalue weighted by Crippen LogP contribution is -2.15. The third kappa shape index (κ3) is 5.91. The molecule has 0 saturated heterocycles. The van der Waals surface area contributed by atoms with Gasteiger partial charge in [0.05, 0.1) is 5.69 Å². The van der Waals surface area contributed by atoms with Crippen molar-refractivity contribution in [1.82, 2.24) is 4.98 Å². The molecule has 0 amide bonds. The van der Waals surface area contributed by atoms with Crippen molar-refractivity contribution in [2.75, 3.05) is 0 Å². The van der Waals surface area contributed by atoms with Gasteiger partial charge >= 0.3 is 6.61 Å². The summed E-state index contributed by atoms with van der Waals surface area (Å²) in [6.07, 6.45) is 12.2. The minimum Gasteiger partial charge on any atom is -0.434 e. The lowest BCUT2D eigenvalue weighted by atomic mass is 9.78. The van der Waals surface area contributed by atoms with Crippen LogP contribution in [0.1, 0.15) is 57.4 Å². The lowest BCUT2D eigenvalue weighted by molar-refractivity contribution is -0.0494. The number of ether oxygens (including phenoxy) is 1. The average Bonchev–Trinajstić information content (AvgIpc) is 2.68. The maximum atomic E-state index is 12.7. The Morgan fingerprint density at radius 2 is 1.79 bits per heavy atom. The summed E-state index contributed by atoms with van der Waals surface area (Å²) in [6, 6.07) is 8.62. The van der Waals surface area contributed by atoms with Gasteiger partial charge in [-0.1, -0.05) is 63.1 Å². The summed E-state index contributed by atoms with van der Waals surface area (Å²) in [4.78, 5) is 4.48. The molecular formula is C23H28ClF2NO. The topological polar surface area (TPSA) is 22.1 Å². The number of hydrogen-bond acceptors (Lipinski definition) is 2. The molecule has 0 atom stereocenters. The van der Waals surface area contributed by atoms with Crippen molar-refractivity contribution < 1.29 is 13.5 Å². The van der Waals surface area contributed by atoms with E-state index in [0.29, 0.717) is 16.3 Å². The van der Waals surface area contributed by atoms with Crippen molar-refractivity contribution in [3.63, 3.8) is 0 Å². The Balaban J connectivity index is 1.59. The molecule has 0 radical (unpaired) electrons. The molecule has 1 heterocycles. The maximum Gasteiger partial charge on any atom is 0.387 e. The second-order valence-corrected chi connectivity index (χ2v) is 8.22. The van der Waals surface area contributed by atoms with Gasteiger partial charge in [0.25, 0.3) is 0 Å². The molecule has 1 aliphatic rings. The molecule has 28 heavy (non-hydrogen) atoms. The minimum atomic E-state index is -2.90. The molecule has 2 nitrogen and oxygen atoms in total. The highest BCUT2D eigenvalue weighted by Crippen LogP contribution is 2.35. The average molecular weight is 408 g/mol. The first-order valence-electron chi connectivity index (χ1n) is 10.2. The van der Waals surface area contributed by atoms with Crippen LogP contribution in [-0.4, -0.2) is 11.6 Å². The van der Waals surface area contributed by atoms with E-state index in [1.807, 2.05) is 18.3 Å². The van der Waals surface area contributed by atoms with E-state index >= 15 is 0 Å². The van der Waals surface area contributed by atoms with E-state index in [2.05, 4.69) is 16.6 Å². The molecule has 1 saturated carbocycles. The van der Waals surface area contributed by atoms with Crippen LogP contribution in [0.25, 0.3) is 11.3 Å². The minimum absolute atomic E-state index is 0.0478. The normalized spacial score (nSPS) is 19.8. The van der Waals surface area contributed by atoms with Gasteiger partial charge in [-0.05, 0) is 54.5 Å². The largest absolute Gasteiger partial charge is 0.434 e. The fourth-order valence-corrected chi connectivity index (χ4v) is 4.38. The van der Waals surface area contributed by atoms with Gasteiger partial charge < -0.3 is 4.74 Å². The number of aryl methyl sites for hydroxylation is 1. The maximum absolute atomic E-state index is 12.7. The zero-order valence-corrected chi connectivity index (χ0v) is 17.1. The summed E-state index contributed by atoms with van der Waals surface area (Å²) in [5.74, 6) is 1.80. The number of alkyl halides is 2. The van der Waals surface area contributed by atoms with E-state index in [9.17, 15) is 8.78 Å². The standard InChI is InChI=1S/C23H28ClF2NO/c1-2-3-16-4-6-17(7-5-16)8-9-18-10-13-21(27-15-18)20-12-11-19(24)14-22(20)28-23(25)26/h10-17,23H,2-9H2,1H3. The summed E-state index contributed by atoms with van der Waals surface area (Å²) in [7, 11) is 0. The van der Waals surface area contributed by atoms with E-state index in [-0.39, 0.29) is 5.75 Å². The molecule has 0 unspecified atom stereocenters. The first-order valence-corrected chi connectivity index (χ1v) is 10.6. The van der Waals surface area contributed by atoms with Gasteiger partial charge in [-0.2, -0.15) is 8.78 Å². The van der Waals surface area contributed by atoms with E-state index in [1.165, 1.54) is 56.6 Å². The van der Waals surface area contributed by atoms with Crippen LogP contribution in [0.2, 0.25) is 5.02 Å². The Morgan fingerprint density at radius 1 is 1.07 bits per heavy atom. The van der Waals surface area contributed by atoms with Crippen LogP contribution < -0.4 is 4.74 Å². The number of pyridine rings is 1. The van der Waals surface area contributed by atoms with Crippen molar-refractivity contribution in [2.24, 2.45) is 11.8 Å². The van der Waals surface area contributed by atoms with Crippen LogP contribution in [-0.2, 0) is 6.42 Å². The molecule has 0 aliphatic heterocycles. The summed E-state index contributed by atoms with van der Waals surface area (Å²) in [5.41, 5.74) is 2.31. The van der Waals surface area contributed by atoms with Crippen molar-refractivity contribution in [3.8, 4) is 17.0 Å². The summed E-state index contributed by atoms with van der Waals surface area (Å²) < 4.78 is 29.9. The summed E-state index contributed by atoms with van der Waals surface area (Å²) >= 11 is 5.91. The number of halogens is 3. The van der Waals surface area contributed by atoms with Gasteiger partial charge in [-0.3, -0.25) is 4.98 Å². The molecular weight excluding hydrogens is 380 g/mol. The molecule has 2 aromatic rings. The highest BCUT2D eigenvalue weighted by molar-refractivity contribution is 6.30. The molecule has 1 aromatic carbocycles. The zero-order chi connectivity index (χ0) is 19.9. The molecule has 3 rings (SSSR count). The Morgan fingerprint density at radius 3 is 2.39 bits per heavy atom. The predicted octanol–water partition coefficient (Wildman–Crippen LogP) is 7.54. The van der Waals surface area contributed by atoms with Crippen molar-refractivity contribution in [3.05, 3.63) is 47.1 Å². The number of hydrogen-bond donors (Lipinski definition) is 0. The fourth-order valence-electron chi connectivity index (χ4n) is 4.22. The lowest BCUT2D eigenvalue weighted by Gasteiger charge is -2.28. The van der Waals surface area contributed by atoms with Crippen LogP contribution in [0, 0.1) is 11.8 Å². The molecule has 0 N–H and O–H groups in total. The predicted molar refractivity (Wildman–Crippen MR) is 110 cm³/mol. The highest BCUT2D eigenvalue weighted by Gasteiger charge is 2.20. The van der Waals surface area contributed by atoms with Crippen molar-refractivity contribution >= 4 is 11.6 Å². The number of rotatable bonds is 8. The molecule has 5 heteroatoms.